The van der Waals surface area contributed by atoms with Gasteiger partial charge < -0.3 is 10.2 Å². The molecular weight excluding hydrogens is 327 g/mol. The third kappa shape index (κ3) is 3.60. The van der Waals surface area contributed by atoms with Crippen LogP contribution < -0.4 is 5.32 Å². The predicted octanol–water partition coefficient (Wildman–Crippen LogP) is 3.27. The molecular formula is C19H26ClFN2O. The summed E-state index contributed by atoms with van der Waals surface area (Å²) in [5, 5.41) is 3.66. The first kappa shape index (κ1) is 17.7. The fraction of sp³-hybridized carbons (Fsp3) is 0.632. The second kappa shape index (κ2) is 7.01. The maximum absolute atomic E-state index is 13.1. The fourth-order valence-corrected chi connectivity index (χ4v) is 3.76. The van der Waals surface area contributed by atoms with Gasteiger partial charge in [0, 0.05) is 19.1 Å². The van der Waals surface area contributed by atoms with Crippen LogP contribution in [0.4, 0.5) is 4.39 Å². The molecule has 0 atom stereocenters. The minimum atomic E-state index is -0.359. The molecule has 5 heteroatoms. The van der Waals surface area contributed by atoms with E-state index in [4.69, 9.17) is 0 Å². The van der Waals surface area contributed by atoms with Crippen molar-refractivity contribution in [2.24, 2.45) is 5.92 Å². The van der Waals surface area contributed by atoms with Crippen molar-refractivity contribution in [1.82, 2.24) is 10.2 Å². The maximum Gasteiger partial charge on any atom is 0.233 e. The number of hydrogen-bond donors (Lipinski definition) is 1. The Labute approximate surface area is 149 Å². The van der Waals surface area contributed by atoms with Gasteiger partial charge in [0.1, 0.15) is 5.82 Å². The van der Waals surface area contributed by atoms with Gasteiger partial charge in [0.05, 0.1) is 5.41 Å². The van der Waals surface area contributed by atoms with Crippen LogP contribution in [-0.2, 0) is 10.2 Å². The monoisotopic (exact) mass is 352 g/mol. The van der Waals surface area contributed by atoms with E-state index in [9.17, 15) is 9.18 Å². The number of nitrogens with zero attached hydrogens (tertiary/aromatic N) is 1. The minimum Gasteiger partial charge on any atom is -0.342 e. The molecule has 2 saturated carbocycles. The Bertz CT molecular complexity index is 576. The van der Waals surface area contributed by atoms with Crippen molar-refractivity contribution < 1.29 is 9.18 Å². The average molecular weight is 353 g/mol. The molecule has 3 aliphatic rings. The van der Waals surface area contributed by atoms with Crippen LogP contribution in [0.3, 0.4) is 0 Å². The summed E-state index contributed by atoms with van der Waals surface area (Å²) >= 11 is 0. The molecule has 1 amide bonds. The first-order valence-corrected chi connectivity index (χ1v) is 8.96. The summed E-state index contributed by atoms with van der Waals surface area (Å²) in [5.41, 5.74) is 0.625. The molecule has 24 heavy (non-hydrogen) atoms. The lowest BCUT2D eigenvalue weighted by atomic mass is 9.93. The molecule has 0 aromatic heterocycles. The number of rotatable bonds is 5. The molecule has 3 fully saturated rings. The number of carbonyl (C=O) groups excluding carboxylic acids is 1. The topological polar surface area (TPSA) is 32.3 Å². The van der Waals surface area contributed by atoms with Gasteiger partial charge in [0.25, 0.3) is 0 Å². The van der Waals surface area contributed by atoms with E-state index in [1.807, 2.05) is 4.90 Å². The zero-order chi connectivity index (χ0) is 15.9. The van der Waals surface area contributed by atoms with Gasteiger partial charge in [-0.05, 0) is 68.7 Å². The van der Waals surface area contributed by atoms with Gasteiger partial charge in [-0.2, -0.15) is 0 Å². The lowest BCUT2D eigenvalue weighted by Crippen LogP contribution is -2.48. The number of piperidine rings is 1. The van der Waals surface area contributed by atoms with Gasteiger partial charge in [-0.25, -0.2) is 4.39 Å². The molecule has 1 aromatic rings. The van der Waals surface area contributed by atoms with Crippen LogP contribution in [0.2, 0.25) is 0 Å². The second-order valence-corrected chi connectivity index (χ2v) is 7.51. The maximum atomic E-state index is 13.1. The molecule has 1 saturated heterocycles. The highest BCUT2D eigenvalue weighted by molar-refractivity contribution is 5.91. The fourth-order valence-electron chi connectivity index (χ4n) is 3.76. The standard InChI is InChI=1S/C19H25FN2O.ClH/c20-16-5-3-15(4-6-16)19(9-10-19)18(23)22-11-7-17(8-12-22)21-13-14-1-2-14;/h3-6,14,17,21H,1-2,7-13H2;1H. The number of halogens is 2. The predicted molar refractivity (Wildman–Crippen MR) is 94.9 cm³/mol. The van der Waals surface area contributed by atoms with Crippen LogP contribution in [0, 0.1) is 11.7 Å². The number of hydrogen-bond acceptors (Lipinski definition) is 2. The van der Waals surface area contributed by atoms with Gasteiger partial charge in [0.15, 0.2) is 0 Å². The Morgan fingerprint density at radius 1 is 1.12 bits per heavy atom. The third-order valence-electron chi connectivity index (χ3n) is 5.73. The zero-order valence-electron chi connectivity index (χ0n) is 14.0. The van der Waals surface area contributed by atoms with Crippen LogP contribution in [0.25, 0.3) is 0 Å². The Morgan fingerprint density at radius 2 is 1.75 bits per heavy atom. The van der Waals surface area contributed by atoms with Crippen molar-refractivity contribution in [3.63, 3.8) is 0 Å². The van der Waals surface area contributed by atoms with E-state index in [-0.39, 0.29) is 29.5 Å². The van der Waals surface area contributed by atoms with Crippen LogP contribution in [0.5, 0.6) is 0 Å². The van der Waals surface area contributed by atoms with E-state index >= 15 is 0 Å². The van der Waals surface area contributed by atoms with Crippen LogP contribution in [0.1, 0.15) is 44.1 Å². The van der Waals surface area contributed by atoms with Gasteiger partial charge >= 0.3 is 0 Å². The molecule has 1 aliphatic heterocycles. The van der Waals surface area contributed by atoms with Crippen molar-refractivity contribution in [1.29, 1.82) is 0 Å². The van der Waals surface area contributed by atoms with Crippen LogP contribution in [-0.4, -0.2) is 36.5 Å². The number of nitrogens with one attached hydrogen (secondary N) is 1. The summed E-state index contributed by atoms with van der Waals surface area (Å²) in [4.78, 5) is 15.0. The highest BCUT2D eigenvalue weighted by atomic mass is 35.5. The van der Waals surface area contributed by atoms with Crippen molar-refractivity contribution in [2.75, 3.05) is 19.6 Å². The van der Waals surface area contributed by atoms with Crippen molar-refractivity contribution in [2.45, 2.75) is 50.0 Å². The first-order chi connectivity index (χ1) is 11.2. The van der Waals surface area contributed by atoms with Crippen molar-refractivity contribution in [3.8, 4) is 0 Å². The molecule has 132 valence electrons. The summed E-state index contributed by atoms with van der Waals surface area (Å²) in [7, 11) is 0. The normalized spacial score (nSPS) is 22.8. The average Bonchev–Trinajstić information content (AvgIpc) is 3.48. The molecule has 3 nitrogen and oxygen atoms in total. The van der Waals surface area contributed by atoms with Gasteiger partial charge in [0.2, 0.25) is 5.91 Å². The second-order valence-electron chi connectivity index (χ2n) is 7.51. The Morgan fingerprint density at radius 3 is 2.29 bits per heavy atom. The van der Waals surface area contributed by atoms with Crippen molar-refractivity contribution >= 4 is 18.3 Å². The summed E-state index contributed by atoms with van der Waals surface area (Å²) in [6.45, 7) is 2.85. The number of amides is 1. The first-order valence-electron chi connectivity index (χ1n) is 8.96. The SMILES string of the molecule is Cl.O=C(N1CCC(NCC2CC2)CC1)C1(c2ccc(F)cc2)CC1. The molecule has 0 spiro atoms. The van der Waals surface area contributed by atoms with E-state index < -0.39 is 0 Å². The van der Waals surface area contributed by atoms with E-state index in [1.165, 1.54) is 25.0 Å². The molecule has 1 heterocycles. The highest BCUT2D eigenvalue weighted by Crippen LogP contribution is 2.49. The Kier molecular flexibility index (Phi) is 5.16. The summed E-state index contributed by atoms with van der Waals surface area (Å²) in [6, 6.07) is 7.07. The van der Waals surface area contributed by atoms with Crippen LogP contribution >= 0.6 is 12.4 Å². The van der Waals surface area contributed by atoms with Gasteiger partial charge in [-0.3, -0.25) is 4.79 Å². The van der Waals surface area contributed by atoms with E-state index in [0.29, 0.717) is 6.04 Å². The van der Waals surface area contributed by atoms with E-state index in [0.717, 1.165) is 56.8 Å². The number of benzene rings is 1. The quantitative estimate of drug-likeness (QED) is 0.882. The van der Waals surface area contributed by atoms with E-state index in [2.05, 4.69) is 5.32 Å². The summed E-state index contributed by atoms with van der Waals surface area (Å²) in [6.07, 6.45) is 6.67. The van der Waals surface area contributed by atoms with E-state index in [1.54, 1.807) is 12.1 Å². The van der Waals surface area contributed by atoms with Crippen LogP contribution in [0.15, 0.2) is 24.3 Å². The lowest BCUT2D eigenvalue weighted by Gasteiger charge is -2.35. The number of likely N-dealkylation sites (tertiary alicyclic amines) is 1. The Balaban J connectivity index is 0.00000169. The van der Waals surface area contributed by atoms with Gasteiger partial charge in [-0.1, -0.05) is 12.1 Å². The molecule has 0 bridgehead atoms. The molecule has 1 N–H and O–H groups in total. The molecule has 1 aromatic carbocycles. The largest absolute Gasteiger partial charge is 0.342 e. The molecule has 4 rings (SSSR count). The number of carbonyl (C=O) groups is 1. The Hall–Kier alpha value is -1.13. The smallest absolute Gasteiger partial charge is 0.233 e. The summed E-state index contributed by atoms with van der Waals surface area (Å²) in [5.74, 6) is 0.923. The lowest BCUT2D eigenvalue weighted by molar-refractivity contribution is -0.135. The summed E-state index contributed by atoms with van der Waals surface area (Å²) < 4.78 is 13.1. The molecule has 2 aliphatic carbocycles. The minimum absolute atomic E-state index is 0. The van der Waals surface area contributed by atoms with Crippen molar-refractivity contribution in [3.05, 3.63) is 35.6 Å². The third-order valence-corrected chi connectivity index (χ3v) is 5.73. The molecule has 0 radical (unpaired) electrons. The highest BCUT2D eigenvalue weighted by Gasteiger charge is 2.53. The molecule has 0 unspecified atom stereocenters. The van der Waals surface area contributed by atoms with Gasteiger partial charge in [-0.15, -0.1) is 12.4 Å². The zero-order valence-corrected chi connectivity index (χ0v) is 14.8.